The molecule has 2 heteroatoms. The van der Waals surface area contributed by atoms with Gasteiger partial charge in [-0.2, -0.15) is 0 Å². The summed E-state index contributed by atoms with van der Waals surface area (Å²) in [4.78, 5) is 0. The van der Waals surface area contributed by atoms with Crippen LogP contribution in [-0.2, 0) is 4.74 Å². The maximum absolute atomic E-state index is 5.38. The number of nitrogens with one attached hydrogen (secondary N) is 1. The molecule has 1 N–H and O–H groups in total. The van der Waals surface area contributed by atoms with Crippen molar-refractivity contribution in [2.45, 2.75) is 31.4 Å². The van der Waals surface area contributed by atoms with Gasteiger partial charge < -0.3 is 10.1 Å². The Labute approximate surface area is 87.0 Å². The first-order valence-electron chi connectivity index (χ1n) is 5.34. The molecule has 1 heterocycles. The fraction of sp³-hybridized carbons (Fsp3) is 0.667. The average Bonchev–Trinajstić information content (AvgIpc) is 2.27. The fourth-order valence-electron chi connectivity index (χ4n) is 2.15. The van der Waals surface area contributed by atoms with E-state index >= 15 is 0 Å². The predicted octanol–water partition coefficient (Wildman–Crippen LogP) is 2.13. The van der Waals surface area contributed by atoms with Gasteiger partial charge in [0.2, 0.25) is 0 Å². The maximum Gasteiger partial charge on any atom is 0.0826 e. The number of hydrogen-bond donors (Lipinski definition) is 1. The quantitative estimate of drug-likeness (QED) is 0.679. The second-order valence-corrected chi connectivity index (χ2v) is 3.81. The standard InChI is InChI=1S/C12H21NO/c1-4-10(12(5-2)14-3)11-8-6-7-9-13-11/h4-5,10-13H,1-2,6-9H2,3H3. The second kappa shape index (κ2) is 5.99. The molecule has 14 heavy (non-hydrogen) atoms. The van der Waals surface area contributed by atoms with Crippen molar-refractivity contribution in [3.63, 3.8) is 0 Å². The summed E-state index contributed by atoms with van der Waals surface area (Å²) in [6.45, 7) is 8.79. The lowest BCUT2D eigenvalue weighted by atomic mass is 9.88. The third-order valence-corrected chi connectivity index (χ3v) is 2.97. The van der Waals surface area contributed by atoms with Crippen LogP contribution in [0.1, 0.15) is 19.3 Å². The Morgan fingerprint density at radius 2 is 2.14 bits per heavy atom. The molecule has 3 unspecified atom stereocenters. The smallest absolute Gasteiger partial charge is 0.0826 e. The molecule has 1 rings (SSSR count). The molecule has 0 aliphatic carbocycles. The molecule has 80 valence electrons. The molecular formula is C12H21NO. The fourth-order valence-corrected chi connectivity index (χ4v) is 2.15. The Kier molecular flexibility index (Phi) is 4.91. The van der Waals surface area contributed by atoms with E-state index in [4.69, 9.17) is 4.74 Å². The van der Waals surface area contributed by atoms with E-state index in [2.05, 4.69) is 18.5 Å². The highest BCUT2D eigenvalue weighted by atomic mass is 16.5. The van der Waals surface area contributed by atoms with Crippen molar-refractivity contribution in [1.82, 2.24) is 5.32 Å². The molecule has 1 saturated heterocycles. The highest BCUT2D eigenvalue weighted by Crippen LogP contribution is 2.21. The zero-order valence-corrected chi connectivity index (χ0v) is 9.04. The molecule has 0 radical (unpaired) electrons. The van der Waals surface area contributed by atoms with Crippen LogP contribution in [0.4, 0.5) is 0 Å². The van der Waals surface area contributed by atoms with Crippen molar-refractivity contribution in [2.24, 2.45) is 5.92 Å². The van der Waals surface area contributed by atoms with Crippen LogP contribution in [0, 0.1) is 5.92 Å². The van der Waals surface area contributed by atoms with Gasteiger partial charge in [-0.15, -0.1) is 13.2 Å². The number of piperidine rings is 1. The van der Waals surface area contributed by atoms with Crippen molar-refractivity contribution in [3.8, 4) is 0 Å². The summed E-state index contributed by atoms with van der Waals surface area (Å²) in [7, 11) is 1.73. The molecule has 1 aliphatic rings. The lowest BCUT2D eigenvalue weighted by Crippen LogP contribution is -2.43. The minimum Gasteiger partial charge on any atom is -0.377 e. The number of hydrogen-bond acceptors (Lipinski definition) is 2. The molecule has 0 aromatic heterocycles. The predicted molar refractivity (Wildman–Crippen MR) is 60.3 cm³/mol. The van der Waals surface area contributed by atoms with Crippen LogP contribution in [0.3, 0.4) is 0 Å². The van der Waals surface area contributed by atoms with Crippen molar-refractivity contribution in [3.05, 3.63) is 25.3 Å². The molecule has 1 aliphatic heterocycles. The molecule has 3 atom stereocenters. The zero-order chi connectivity index (χ0) is 10.4. The van der Waals surface area contributed by atoms with Gasteiger partial charge in [-0.25, -0.2) is 0 Å². The topological polar surface area (TPSA) is 21.3 Å². The average molecular weight is 195 g/mol. The normalized spacial score (nSPS) is 26.5. The number of ether oxygens (including phenoxy) is 1. The molecule has 0 aromatic rings. The minimum atomic E-state index is 0.0862. The largest absolute Gasteiger partial charge is 0.377 e. The summed E-state index contributed by atoms with van der Waals surface area (Å²) < 4.78 is 5.38. The first-order chi connectivity index (χ1) is 6.83. The zero-order valence-electron chi connectivity index (χ0n) is 9.04. The Hall–Kier alpha value is -0.600. The first-order valence-corrected chi connectivity index (χ1v) is 5.34. The minimum absolute atomic E-state index is 0.0862. The van der Waals surface area contributed by atoms with Gasteiger partial charge >= 0.3 is 0 Å². The molecule has 0 saturated carbocycles. The maximum atomic E-state index is 5.38. The van der Waals surface area contributed by atoms with E-state index in [1.807, 2.05) is 12.2 Å². The molecule has 1 fully saturated rings. The van der Waals surface area contributed by atoms with E-state index in [9.17, 15) is 0 Å². The van der Waals surface area contributed by atoms with Crippen molar-refractivity contribution in [2.75, 3.05) is 13.7 Å². The summed E-state index contributed by atoms with van der Waals surface area (Å²) in [6, 6.07) is 0.504. The summed E-state index contributed by atoms with van der Waals surface area (Å²) in [5, 5.41) is 3.52. The van der Waals surface area contributed by atoms with E-state index in [1.165, 1.54) is 19.3 Å². The van der Waals surface area contributed by atoms with Gasteiger partial charge in [0.25, 0.3) is 0 Å². The highest BCUT2D eigenvalue weighted by molar-refractivity contribution is 5.00. The summed E-state index contributed by atoms with van der Waals surface area (Å²) in [6.07, 6.45) is 7.73. The first kappa shape index (κ1) is 11.5. The van der Waals surface area contributed by atoms with Crippen LogP contribution in [0.5, 0.6) is 0 Å². The summed E-state index contributed by atoms with van der Waals surface area (Å²) in [5.41, 5.74) is 0. The number of rotatable bonds is 5. The molecular weight excluding hydrogens is 174 g/mol. The molecule has 0 aromatic carbocycles. The second-order valence-electron chi connectivity index (χ2n) is 3.81. The van der Waals surface area contributed by atoms with Gasteiger partial charge in [-0.05, 0) is 19.4 Å². The SMILES string of the molecule is C=CC(OC)C(C=C)C1CCCCN1. The lowest BCUT2D eigenvalue weighted by Gasteiger charge is -2.32. The van der Waals surface area contributed by atoms with Crippen LogP contribution in [-0.4, -0.2) is 25.8 Å². The van der Waals surface area contributed by atoms with Crippen LogP contribution in [0.15, 0.2) is 25.3 Å². The van der Waals surface area contributed by atoms with E-state index in [0.717, 1.165) is 6.54 Å². The van der Waals surface area contributed by atoms with E-state index < -0.39 is 0 Å². The van der Waals surface area contributed by atoms with Gasteiger partial charge in [-0.1, -0.05) is 18.6 Å². The third kappa shape index (κ3) is 2.69. The van der Waals surface area contributed by atoms with Crippen LogP contribution >= 0.6 is 0 Å². The monoisotopic (exact) mass is 195 g/mol. The third-order valence-electron chi connectivity index (χ3n) is 2.97. The number of methoxy groups -OCH3 is 1. The van der Waals surface area contributed by atoms with E-state index in [1.54, 1.807) is 7.11 Å². The van der Waals surface area contributed by atoms with E-state index in [-0.39, 0.29) is 6.10 Å². The van der Waals surface area contributed by atoms with Crippen molar-refractivity contribution >= 4 is 0 Å². The Bertz CT molecular complexity index is 185. The van der Waals surface area contributed by atoms with Crippen LogP contribution in [0.2, 0.25) is 0 Å². The van der Waals surface area contributed by atoms with Crippen molar-refractivity contribution in [1.29, 1.82) is 0 Å². The van der Waals surface area contributed by atoms with Gasteiger partial charge in [0.15, 0.2) is 0 Å². The highest BCUT2D eigenvalue weighted by Gasteiger charge is 2.26. The molecule has 0 amide bonds. The summed E-state index contributed by atoms with van der Waals surface area (Å²) in [5.74, 6) is 0.345. The van der Waals surface area contributed by atoms with Gasteiger partial charge in [0.05, 0.1) is 6.10 Å². The molecule has 0 bridgehead atoms. The van der Waals surface area contributed by atoms with Crippen molar-refractivity contribution < 1.29 is 4.74 Å². The Balaban J connectivity index is 2.58. The Morgan fingerprint density at radius 1 is 1.36 bits per heavy atom. The van der Waals surface area contributed by atoms with Crippen LogP contribution in [0.25, 0.3) is 0 Å². The summed E-state index contributed by atoms with van der Waals surface area (Å²) >= 11 is 0. The molecule has 2 nitrogen and oxygen atoms in total. The van der Waals surface area contributed by atoms with E-state index in [0.29, 0.717) is 12.0 Å². The van der Waals surface area contributed by atoms with Gasteiger partial charge in [-0.3, -0.25) is 0 Å². The Morgan fingerprint density at radius 3 is 2.57 bits per heavy atom. The lowest BCUT2D eigenvalue weighted by molar-refractivity contribution is 0.0860. The molecule has 0 spiro atoms. The van der Waals surface area contributed by atoms with Gasteiger partial charge in [0.1, 0.15) is 0 Å². The van der Waals surface area contributed by atoms with Crippen LogP contribution < -0.4 is 5.32 Å². The van der Waals surface area contributed by atoms with Gasteiger partial charge in [0, 0.05) is 19.1 Å².